The van der Waals surface area contributed by atoms with Crippen LogP contribution in [0.3, 0.4) is 0 Å². The van der Waals surface area contributed by atoms with Crippen LogP contribution in [-0.4, -0.2) is 76.0 Å². The minimum atomic E-state index is -0.831. The molecule has 2 heterocycles. The van der Waals surface area contributed by atoms with Gasteiger partial charge in [-0.3, -0.25) is 14.4 Å². The number of carboxylic acids is 1. The van der Waals surface area contributed by atoms with Gasteiger partial charge in [0.05, 0.1) is 19.3 Å². The molecule has 116 valence electrons. The number of hydrogen-bond donors (Lipinski definition) is 2. The zero-order valence-electron chi connectivity index (χ0n) is 12.2. The molecule has 2 rings (SSSR count). The van der Waals surface area contributed by atoms with Gasteiger partial charge in [0, 0.05) is 38.9 Å². The van der Waals surface area contributed by atoms with E-state index < -0.39 is 5.97 Å². The molecule has 0 saturated carbocycles. The Morgan fingerprint density at radius 1 is 1.33 bits per heavy atom. The molecule has 1 aromatic heterocycles. The van der Waals surface area contributed by atoms with Crippen molar-refractivity contribution in [2.45, 2.75) is 13.5 Å². The van der Waals surface area contributed by atoms with Gasteiger partial charge in [0.2, 0.25) is 0 Å². The van der Waals surface area contributed by atoms with E-state index in [0.717, 1.165) is 5.56 Å². The number of hydrogen-bond acceptors (Lipinski definition) is 4. The van der Waals surface area contributed by atoms with Crippen molar-refractivity contribution < 1.29 is 14.7 Å². The molecule has 1 aromatic rings. The lowest BCUT2D eigenvalue weighted by molar-refractivity contribution is -0.138. The number of carboxylic acid groups (broad SMARTS) is 1. The first kappa shape index (κ1) is 15.3. The minimum absolute atomic E-state index is 0.0358. The summed E-state index contributed by atoms with van der Waals surface area (Å²) in [5, 5.41) is 15.7. The molecule has 0 atom stereocenters. The summed E-state index contributed by atoms with van der Waals surface area (Å²) in [7, 11) is 0. The summed E-state index contributed by atoms with van der Waals surface area (Å²) in [5.41, 5.74) is 1.09. The first-order chi connectivity index (χ1) is 10.0. The number of aliphatic carboxylic acids is 1. The number of aromatic nitrogens is 2. The minimum Gasteiger partial charge on any atom is -0.480 e. The van der Waals surface area contributed by atoms with Gasteiger partial charge in [-0.05, 0) is 12.5 Å². The third kappa shape index (κ3) is 4.75. The van der Waals surface area contributed by atoms with E-state index in [1.807, 2.05) is 18.0 Å². The van der Waals surface area contributed by atoms with E-state index in [1.165, 1.54) is 0 Å². The maximum Gasteiger partial charge on any atom is 0.317 e. The van der Waals surface area contributed by atoms with Crippen molar-refractivity contribution in [3.8, 4) is 0 Å². The summed E-state index contributed by atoms with van der Waals surface area (Å²) in [6, 6.07) is -0.103. The predicted molar refractivity (Wildman–Crippen MR) is 76.0 cm³/mol. The fourth-order valence-electron chi connectivity index (χ4n) is 2.28. The van der Waals surface area contributed by atoms with Crippen LogP contribution in [0.2, 0.25) is 0 Å². The molecule has 0 aliphatic carbocycles. The first-order valence-corrected chi connectivity index (χ1v) is 7.00. The number of piperazine rings is 1. The van der Waals surface area contributed by atoms with E-state index in [1.54, 1.807) is 15.8 Å². The number of urea groups is 1. The third-order valence-electron chi connectivity index (χ3n) is 3.40. The smallest absolute Gasteiger partial charge is 0.317 e. The third-order valence-corrected chi connectivity index (χ3v) is 3.40. The molecule has 1 fully saturated rings. The highest BCUT2D eigenvalue weighted by Gasteiger charge is 2.21. The molecule has 2 amide bonds. The molecule has 0 unspecified atom stereocenters. The van der Waals surface area contributed by atoms with Crippen LogP contribution in [0.1, 0.15) is 5.56 Å². The Hall–Kier alpha value is -2.09. The van der Waals surface area contributed by atoms with Crippen LogP contribution in [-0.2, 0) is 11.3 Å². The lowest BCUT2D eigenvalue weighted by Gasteiger charge is -2.33. The number of carbonyl (C=O) groups excluding carboxylic acids is 1. The molecule has 8 heteroatoms. The number of aryl methyl sites for hydroxylation is 1. The lowest BCUT2D eigenvalue weighted by atomic mass is 10.3. The van der Waals surface area contributed by atoms with Crippen LogP contribution in [0, 0.1) is 6.92 Å². The van der Waals surface area contributed by atoms with Gasteiger partial charge in [-0.15, -0.1) is 0 Å². The topological polar surface area (TPSA) is 90.7 Å². The van der Waals surface area contributed by atoms with Crippen LogP contribution in [0.15, 0.2) is 12.4 Å². The second kappa shape index (κ2) is 7.07. The van der Waals surface area contributed by atoms with Crippen LogP contribution >= 0.6 is 0 Å². The van der Waals surface area contributed by atoms with E-state index in [9.17, 15) is 9.59 Å². The second-order valence-electron chi connectivity index (χ2n) is 5.17. The van der Waals surface area contributed by atoms with Crippen LogP contribution in [0.4, 0.5) is 4.79 Å². The van der Waals surface area contributed by atoms with Crippen molar-refractivity contribution >= 4 is 12.0 Å². The molecule has 8 nitrogen and oxygen atoms in total. The highest BCUT2D eigenvalue weighted by atomic mass is 16.4. The van der Waals surface area contributed by atoms with E-state index in [2.05, 4.69) is 10.4 Å². The number of rotatable bonds is 5. The molecule has 0 aromatic carbocycles. The van der Waals surface area contributed by atoms with Gasteiger partial charge in [-0.1, -0.05) is 0 Å². The lowest BCUT2D eigenvalue weighted by Crippen LogP contribution is -2.52. The van der Waals surface area contributed by atoms with E-state index in [-0.39, 0.29) is 12.6 Å². The highest BCUT2D eigenvalue weighted by molar-refractivity contribution is 5.74. The molecule has 0 radical (unpaired) electrons. The van der Waals surface area contributed by atoms with E-state index in [4.69, 9.17) is 5.11 Å². The maximum absolute atomic E-state index is 12.0. The van der Waals surface area contributed by atoms with Crippen LogP contribution < -0.4 is 5.32 Å². The average Bonchev–Trinajstić information content (AvgIpc) is 2.84. The summed E-state index contributed by atoms with van der Waals surface area (Å²) in [6.45, 7) is 5.47. The predicted octanol–water partition coefficient (Wildman–Crippen LogP) is -0.397. The van der Waals surface area contributed by atoms with Gasteiger partial charge in [-0.25, -0.2) is 4.79 Å². The van der Waals surface area contributed by atoms with E-state index >= 15 is 0 Å². The van der Waals surface area contributed by atoms with Crippen molar-refractivity contribution in [1.82, 2.24) is 24.9 Å². The number of nitrogens with one attached hydrogen (secondary N) is 1. The van der Waals surface area contributed by atoms with Crippen molar-refractivity contribution in [3.05, 3.63) is 18.0 Å². The van der Waals surface area contributed by atoms with Gasteiger partial charge in [-0.2, -0.15) is 5.10 Å². The average molecular weight is 295 g/mol. The fourth-order valence-corrected chi connectivity index (χ4v) is 2.28. The van der Waals surface area contributed by atoms with Crippen molar-refractivity contribution in [3.63, 3.8) is 0 Å². The van der Waals surface area contributed by atoms with Crippen molar-refractivity contribution in [1.29, 1.82) is 0 Å². The van der Waals surface area contributed by atoms with Crippen LogP contribution in [0.5, 0.6) is 0 Å². The monoisotopic (exact) mass is 295 g/mol. The summed E-state index contributed by atoms with van der Waals surface area (Å²) in [5.74, 6) is -0.831. The molecule has 21 heavy (non-hydrogen) atoms. The van der Waals surface area contributed by atoms with Gasteiger partial charge in [0.1, 0.15) is 0 Å². The molecule has 0 spiro atoms. The largest absolute Gasteiger partial charge is 0.480 e. The highest BCUT2D eigenvalue weighted by Crippen LogP contribution is 2.01. The zero-order chi connectivity index (χ0) is 15.2. The summed E-state index contributed by atoms with van der Waals surface area (Å²) in [4.78, 5) is 26.1. The molecular weight excluding hydrogens is 274 g/mol. The molecule has 1 aliphatic heterocycles. The normalized spacial score (nSPS) is 16.0. The molecule has 2 N–H and O–H groups in total. The standard InChI is InChI=1S/C13H21N5O3/c1-11-8-15-18(9-11)3-2-14-13(21)17-6-4-16(5-7-17)10-12(19)20/h8-9H,2-7,10H2,1H3,(H,14,21)(H,19,20). The Bertz CT molecular complexity index is 494. The molecule has 1 saturated heterocycles. The number of carbonyl (C=O) groups is 2. The Morgan fingerprint density at radius 2 is 2.05 bits per heavy atom. The Labute approximate surface area is 123 Å². The van der Waals surface area contributed by atoms with E-state index in [0.29, 0.717) is 39.3 Å². The fraction of sp³-hybridized carbons (Fsp3) is 0.615. The van der Waals surface area contributed by atoms with Gasteiger partial charge in [0.25, 0.3) is 0 Å². The second-order valence-corrected chi connectivity index (χ2v) is 5.17. The van der Waals surface area contributed by atoms with Gasteiger partial charge < -0.3 is 15.3 Å². The van der Waals surface area contributed by atoms with Crippen molar-refractivity contribution in [2.75, 3.05) is 39.3 Å². The summed E-state index contributed by atoms with van der Waals surface area (Å²) >= 11 is 0. The number of amides is 2. The summed E-state index contributed by atoms with van der Waals surface area (Å²) < 4.78 is 1.79. The molecule has 0 bridgehead atoms. The zero-order valence-corrected chi connectivity index (χ0v) is 12.2. The quantitative estimate of drug-likeness (QED) is 0.771. The van der Waals surface area contributed by atoms with Gasteiger partial charge >= 0.3 is 12.0 Å². The summed E-state index contributed by atoms with van der Waals surface area (Å²) in [6.07, 6.45) is 3.71. The first-order valence-electron chi connectivity index (χ1n) is 7.00. The Balaban J connectivity index is 1.66. The Morgan fingerprint density at radius 3 is 2.62 bits per heavy atom. The van der Waals surface area contributed by atoms with Gasteiger partial charge in [0.15, 0.2) is 0 Å². The number of nitrogens with zero attached hydrogens (tertiary/aromatic N) is 4. The maximum atomic E-state index is 12.0. The van der Waals surface area contributed by atoms with Crippen LogP contribution in [0.25, 0.3) is 0 Å². The molecular formula is C13H21N5O3. The SMILES string of the molecule is Cc1cnn(CCNC(=O)N2CCN(CC(=O)O)CC2)c1. The molecule has 1 aliphatic rings. The Kier molecular flexibility index (Phi) is 5.15. The van der Waals surface area contributed by atoms with Crippen molar-refractivity contribution in [2.24, 2.45) is 0 Å².